The molecule has 1 amide bonds. The van der Waals surface area contributed by atoms with Crippen molar-refractivity contribution in [3.05, 3.63) is 53.6 Å². The molecule has 0 unspecified atom stereocenters. The van der Waals surface area contributed by atoms with Gasteiger partial charge in [0.25, 0.3) is 0 Å². The van der Waals surface area contributed by atoms with E-state index >= 15 is 0 Å². The van der Waals surface area contributed by atoms with Crippen LogP contribution in [-0.2, 0) is 27.7 Å². The van der Waals surface area contributed by atoms with Crippen molar-refractivity contribution in [3.8, 4) is 5.75 Å². The van der Waals surface area contributed by atoms with Crippen LogP contribution in [0.5, 0.6) is 5.75 Å². The van der Waals surface area contributed by atoms with Gasteiger partial charge in [-0.2, -0.15) is 0 Å². The Morgan fingerprint density at radius 1 is 1.19 bits per heavy atom. The Kier molecular flexibility index (Phi) is 5.82. The van der Waals surface area contributed by atoms with Crippen LogP contribution in [0.15, 0.2) is 47.4 Å². The lowest BCUT2D eigenvalue weighted by Gasteiger charge is -2.28. The van der Waals surface area contributed by atoms with Crippen molar-refractivity contribution in [1.29, 1.82) is 0 Å². The van der Waals surface area contributed by atoms with Crippen molar-refractivity contribution in [3.63, 3.8) is 0 Å². The minimum Gasteiger partial charge on any atom is -0.497 e. The predicted octanol–water partition coefficient (Wildman–Crippen LogP) is 2.52. The van der Waals surface area contributed by atoms with Crippen LogP contribution in [-0.4, -0.2) is 34.5 Å². The second-order valence-corrected chi connectivity index (χ2v) is 8.33. The highest BCUT2D eigenvalue weighted by Gasteiger charge is 2.22. The molecule has 0 fully saturated rings. The number of amides is 1. The number of hydrogen-bond acceptors (Lipinski definition) is 4. The highest BCUT2D eigenvalue weighted by Crippen LogP contribution is 2.29. The molecular formula is C20H24N2O4S. The van der Waals surface area contributed by atoms with Crippen LogP contribution < -0.4 is 14.4 Å². The van der Waals surface area contributed by atoms with Crippen LogP contribution in [0.25, 0.3) is 0 Å². The van der Waals surface area contributed by atoms with Gasteiger partial charge in [-0.1, -0.05) is 12.1 Å². The number of hydrogen-bond donors (Lipinski definition) is 1. The topological polar surface area (TPSA) is 75.7 Å². The van der Waals surface area contributed by atoms with E-state index in [0.717, 1.165) is 35.4 Å². The van der Waals surface area contributed by atoms with E-state index in [0.29, 0.717) is 19.5 Å². The first-order valence-corrected chi connectivity index (χ1v) is 10.4. The monoisotopic (exact) mass is 388 g/mol. The Labute approximate surface area is 160 Å². The smallest absolute Gasteiger partial charge is 0.240 e. The Balaban J connectivity index is 1.68. The number of rotatable bonds is 6. The average Bonchev–Trinajstić information content (AvgIpc) is 2.67. The Hall–Kier alpha value is -2.38. The van der Waals surface area contributed by atoms with Crippen LogP contribution in [0.2, 0.25) is 0 Å². The maximum Gasteiger partial charge on any atom is 0.240 e. The molecule has 0 radical (unpaired) electrons. The molecule has 2 aromatic carbocycles. The van der Waals surface area contributed by atoms with Gasteiger partial charge in [0.1, 0.15) is 5.75 Å². The lowest BCUT2D eigenvalue weighted by atomic mass is 10.0. The number of anilines is 1. The molecular weight excluding hydrogens is 364 g/mol. The summed E-state index contributed by atoms with van der Waals surface area (Å²) in [7, 11) is -1.98. The van der Waals surface area contributed by atoms with Crippen molar-refractivity contribution in [2.75, 3.05) is 25.1 Å². The minimum absolute atomic E-state index is 0.0239. The summed E-state index contributed by atoms with van der Waals surface area (Å²) in [6.07, 6.45) is 2.20. The molecule has 0 bridgehead atoms. The molecule has 1 aliphatic heterocycles. The zero-order valence-corrected chi connectivity index (χ0v) is 16.4. The summed E-state index contributed by atoms with van der Waals surface area (Å²) in [5.74, 6) is 0.747. The summed E-state index contributed by atoms with van der Waals surface area (Å²) >= 11 is 0. The zero-order valence-electron chi connectivity index (χ0n) is 15.6. The fraction of sp³-hybridized carbons (Fsp3) is 0.350. The van der Waals surface area contributed by atoms with Crippen LogP contribution in [0.4, 0.5) is 5.69 Å². The van der Waals surface area contributed by atoms with Gasteiger partial charge in [-0.25, -0.2) is 13.1 Å². The third-order valence-electron chi connectivity index (χ3n) is 4.72. The second-order valence-electron chi connectivity index (χ2n) is 6.56. The fourth-order valence-electron chi connectivity index (χ4n) is 3.27. The molecule has 6 nitrogen and oxygen atoms in total. The van der Waals surface area contributed by atoms with E-state index in [1.807, 2.05) is 24.3 Å². The molecule has 1 N–H and O–H groups in total. The van der Waals surface area contributed by atoms with E-state index in [4.69, 9.17) is 4.74 Å². The molecule has 2 aromatic rings. The van der Waals surface area contributed by atoms with Gasteiger partial charge in [0.05, 0.1) is 12.0 Å². The first-order valence-electron chi connectivity index (χ1n) is 8.94. The molecule has 27 heavy (non-hydrogen) atoms. The van der Waals surface area contributed by atoms with Crippen molar-refractivity contribution in [1.82, 2.24) is 4.72 Å². The number of nitrogens with zero attached hydrogens (tertiary/aromatic N) is 1. The number of methoxy groups -OCH3 is 1. The first kappa shape index (κ1) is 19.4. The molecule has 0 saturated carbocycles. The zero-order chi connectivity index (χ0) is 19.4. The third-order valence-corrected chi connectivity index (χ3v) is 6.18. The average molecular weight is 388 g/mol. The molecule has 3 rings (SSSR count). The van der Waals surface area contributed by atoms with Gasteiger partial charge in [-0.05, 0) is 60.7 Å². The molecule has 0 aromatic heterocycles. The number of benzene rings is 2. The van der Waals surface area contributed by atoms with E-state index in [2.05, 4.69) is 4.72 Å². The van der Waals surface area contributed by atoms with Crippen molar-refractivity contribution >= 4 is 21.6 Å². The van der Waals surface area contributed by atoms with Crippen molar-refractivity contribution in [2.24, 2.45) is 0 Å². The number of carbonyl (C=O) groups excluding carboxylic acids is 1. The second kappa shape index (κ2) is 8.10. The Morgan fingerprint density at radius 2 is 1.93 bits per heavy atom. The summed E-state index contributed by atoms with van der Waals surface area (Å²) in [5.41, 5.74) is 2.74. The molecule has 144 valence electrons. The summed E-state index contributed by atoms with van der Waals surface area (Å²) in [6, 6.07) is 12.5. The quantitative estimate of drug-likeness (QED) is 0.825. The van der Waals surface area contributed by atoms with Crippen LogP contribution in [0.3, 0.4) is 0 Å². The van der Waals surface area contributed by atoms with Crippen LogP contribution in [0.1, 0.15) is 24.5 Å². The molecule has 0 saturated heterocycles. The lowest BCUT2D eigenvalue weighted by Crippen LogP contribution is -2.33. The van der Waals surface area contributed by atoms with Crippen molar-refractivity contribution < 1.29 is 17.9 Å². The Morgan fingerprint density at radius 3 is 2.59 bits per heavy atom. The van der Waals surface area contributed by atoms with E-state index < -0.39 is 10.0 Å². The number of aryl methyl sites for hydroxylation is 1. The minimum atomic E-state index is -3.59. The molecule has 0 aliphatic carbocycles. The van der Waals surface area contributed by atoms with Crippen LogP contribution >= 0.6 is 0 Å². The van der Waals surface area contributed by atoms with Gasteiger partial charge in [0, 0.05) is 25.7 Å². The predicted molar refractivity (Wildman–Crippen MR) is 105 cm³/mol. The first-order chi connectivity index (χ1) is 12.9. The number of sulfonamides is 1. The summed E-state index contributed by atoms with van der Waals surface area (Å²) < 4.78 is 33.0. The van der Waals surface area contributed by atoms with Crippen molar-refractivity contribution in [2.45, 2.75) is 31.1 Å². The fourth-order valence-corrected chi connectivity index (χ4v) is 4.36. The van der Waals surface area contributed by atoms with Gasteiger partial charge in [-0.15, -0.1) is 0 Å². The van der Waals surface area contributed by atoms with Gasteiger partial charge in [0.15, 0.2) is 0 Å². The van der Waals surface area contributed by atoms with Gasteiger partial charge in [-0.3, -0.25) is 4.79 Å². The van der Waals surface area contributed by atoms with Gasteiger partial charge in [0.2, 0.25) is 15.9 Å². The Bertz CT molecular complexity index is 923. The number of carbonyl (C=O) groups is 1. The molecule has 0 atom stereocenters. The maximum absolute atomic E-state index is 12.6. The summed E-state index contributed by atoms with van der Waals surface area (Å²) in [6.45, 7) is 2.51. The number of ether oxygens (including phenoxy) is 1. The van der Waals surface area contributed by atoms with E-state index in [-0.39, 0.29) is 10.8 Å². The largest absolute Gasteiger partial charge is 0.497 e. The molecule has 1 aliphatic rings. The summed E-state index contributed by atoms with van der Waals surface area (Å²) in [5, 5.41) is 0. The maximum atomic E-state index is 12.6. The highest BCUT2D eigenvalue weighted by molar-refractivity contribution is 7.89. The molecule has 1 heterocycles. The van der Waals surface area contributed by atoms with Gasteiger partial charge >= 0.3 is 0 Å². The van der Waals surface area contributed by atoms with E-state index in [1.165, 1.54) is 6.92 Å². The third kappa shape index (κ3) is 4.48. The van der Waals surface area contributed by atoms with Crippen LogP contribution in [0, 0.1) is 0 Å². The number of fused-ring (bicyclic) bond motifs is 1. The molecule has 7 heteroatoms. The summed E-state index contributed by atoms with van der Waals surface area (Å²) in [4.78, 5) is 13.7. The highest BCUT2D eigenvalue weighted by atomic mass is 32.2. The van der Waals surface area contributed by atoms with E-state index in [1.54, 1.807) is 30.2 Å². The SMILES string of the molecule is COc1ccc(CCNS(=O)(=O)c2ccc3c(c2)CCCN3C(C)=O)cc1. The number of nitrogens with one attached hydrogen (secondary N) is 1. The molecule has 0 spiro atoms. The standard InChI is InChI=1S/C20H24N2O4S/c1-15(23)22-13-3-4-17-14-19(9-10-20(17)22)27(24,25)21-12-11-16-5-7-18(26-2)8-6-16/h5-10,14,21H,3-4,11-13H2,1-2H3. The normalized spacial score (nSPS) is 13.9. The van der Waals surface area contributed by atoms with E-state index in [9.17, 15) is 13.2 Å². The lowest BCUT2D eigenvalue weighted by molar-refractivity contribution is -0.116. The van der Waals surface area contributed by atoms with Gasteiger partial charge < -0.3 is 9.64 Å².